The van der Waals surface area contributed by atoms with Crippen LogP contribution in [0.5, 0.6) is 0 Å². The molecule has 164 valence electrons. The second-order valence-corrected chi connectivity index (χ2v) is 11.3. The largest absolute Gasteiger partial charge is 0.275 e. The van der Waals surface area contributed by atoms with Crippen molar-refractivity contribution in [3.63, 3.8) is 0 Å². The molecule has 5 rings (SSSR count). The lowest BCUT2D eigenvalue weighted by atomic mass is 10.0. The van der Waals surface area contributed by atoms with Gasteiger partial charge in [0, 0.05) is 28.4 Å². The Balaban J connectivity index is 1.53. The first-order valence-corrected chi connectivity index (χ1v) is 13.0. The van der Waals surface area contributed by atoms with Gasteiger partial charge in [0.25, 0.3) is 5.91 Å². The number of amides is 1. The molecule has 0 saturated carbocycles. The van der Waals surface area contributed by atoms with Crippen LogP contribution in [-0.2, 0) is 10.0 Å². The summed E-state index contributed by atoms with van der Waals surface area (Å²) in [5.74, 6) is 0.293. The topological polar surface area (TPSA) is 57.7 Å². The Kier molecular flexibility index (Phi) is 5.57. The normalized spacial score (nSPS) is 17.0. The summed E-state index contributed by atoms with van der Waals surface area (Å²) in [6.07, 6.45) is 1.72. The zero-order valence-corrected chi connectivity index (χ0v) is 19.4. The number of benzene rings is 3. The lowest BCUT2D eigenvalue weighted by molar-refractivity contribution is 0.0998. The lowest BCUT2D eigenvalue weighted by Crippen LogP contribution is -2.38. The smallest absolute Gasteiger partial charge is 0.262 e. The molecule has 3 aromatic rings. The summed E-state index contributed by atoms with van der Waals surface area (Å²) in [5.41, 5.74) is 1.96. The van der Waals surface area contributed by atoms with Gasteiger partial charge in [0.2, 0.25) is 10.0 Å². The molecule has 32 heavy (non-hydrogen) atoms. The zero-order valence-electron chi connectivity index (χ0n) is 17.8. The summed E-state index contributed by atoms with van der Waals surface area (Å²) in [4.78, 5) is 17.6. The van der Waals surface area contributed by atoms with Gasteiger partial charge in [-0.05, 0) is 61.2 Å². The van der Waals surface area contributed by atoms with Crippen LogP contribution in [0.2, 0.25) is 0 Å². The van der Waals surface area contributed by atoms with E-state index in [1.54, 1.807) is 39.2 Å². The Morgan fingerprint density at radius 1 is 0.875 bits per heavy atom. The minimum Gasteiger partial charge on any atom is -0.275 e. The summed E-state index contributed by atoms with van der Waals surface area (Å²) < 4.78 is 28.0. The summed E-state index contributed by atoms with van der Waals surface area (Å²) in [5, 5.41) is 0. The summed E-state index contributed by atoms with van der Waals surface area (Å²) in [6.45, 7) is 3.19. The van der Waals surface area contributed by atoms with Gasteiger partial charge in [-0.25, -0.2) is 8.42 Å². The van der Waals surface area contributed by atoms with Crippen LogP contribution in [0, 0.1) is 5.92 Å². The minimum absolute atomic E-state index is 0.172. The second-order valence-electron chi connectivity index (χ2n) is 8.29. The van der Waals surface area contributed by atoms with Crippen molar-refractivity contribution in [2.24, 2.45) is 5.92 Å². The fourth-order valence-electron chi connectivity index (χ4n) is 4.22. The molecular formula is C25H24N2O3S2. The van der Waals surface area contributed by atoms with E-state index < -0.39 is 10.0 Å². The standard InChI is InChI=1S/C25H24N2O3S2/c1-18-13-15-26(16-14-18)32(29,30)20-8-6-7-19(17-20)25(28)27-21-9-2-4-11-23(21)31-24-12-5-3-10-22(24)27/h2-12,17-18H,13-16H2,1H3. The number of nitrogens with zero attached hydrogens (tertiary/aromatic N) is 2. The van der Waals surface area contributed by atoms with Crippen LogP contribution in [0.3, 0.4) is 0 Å². The van der Waals surface area contributed by atoms with Crippen LogP contribution in [0.1, 0.15) is 30.1 Å². The van der Waals surface area contributed by atoms with Gasteiger partial charge in [0.15, 0.2) is 0 Å². The van der Waals surface area contributed by atoms with Gasteiger partial charge in [-0.15, -0.1) is 0 Å². The molecule has 1 amide bonds. The molecule has 5 nitrogen and oxygen atoms in total. The number of rotatable bonds is 3. The molecule has 0 aliphatic carbocycles. The van der Waals surface area contributed by atoms with Crippen LogP contribution in [0.25, 0.3) is 0 Å². The highest BCUT2D eigenvalue weighted by Crippen LogP contribution is 2.48. The van der Waals surface area contributed by atoms with Gasteiger partial charge in [0.05, 0.1) is 16.3 Å². The molecule has 1 fully saturated rings. The van der Waals surface area contributed by atoms with Crippen molar-refractivity contribution in [1.29, 1.82) is 0 Å². The number of sulfonamides is 1. The fourth-order valence-corrected chi connectivity index (χ4v) is 6.79. The van der Waals surface area contributed by atoms with Crippen LogP contribution in [0.4, 0.5) is 11.4 Å². The molecule has 2 aliphatic rings. The zero-order chi connectivity index (χ0) is 22.3. The summed E-state index contributed by atoms with van der Waals surface area (Å²) in [7, 11) is -3.63. The maximum Gasteiger partial charge on any atom is 0.262 e. The molecule has 1 saturated heterocycles. The highest BCUT2D eigenvalue weighted by molar-refractivity contribution is 7.99. The predicted octanol–water partition coefficient (Wildman–Crippen LogP) is 5.55. The third-order valence-corrected chi connectivity index (χ3v) is 9.12. The van der Waals surface area contributed by atoms with Crippen LogP contribution in [-0.4, -0.2) is 31.7 Å². The van der Waals surface area contributed by atoms with Crippen molar-refractivity contribution in [2.75, 3.05) is 18.0 Å². The van der Waals surface area contributed by atoms with Gasteiger partial charge in [-0.3, -0.25) is 9.69 Å². The molecule has 0 aromatic heterocycles. The lowest BCUT2D eigenvalue weighted by Gasteiger charge is -2.31. The second kappa shape index (κ2) is 8.39. The maximum absolute atomic E-state index is 13.7. The highest BCUT2D eigenvalue weighted by Gasteiger charge is 2.31. The van der Waals surface area contributed by atoms with Crippen molar-refractivity contribution in [2.45, 2.75) is 34.5 Å². The molecule has 0 unspecified atom stereocenters. The first-order valence-electron chi connectivity index (χ1n) is 10.8. The molecule has 2 aliphatic heterocycles. The molecule has 2 heterocycles. The average Bonchev–Trinajstić information content (AvgIpc) is 2.82. The quantitative estimate of drug-likeness (QED) is 0.510. The number of hydrogen-bond donors (Lipinski definition) is 0. The third-order valence-electron chi connectivity index (χ3n) is 6.10. The summed E-state index contributed by atoms with van der Waals surface area (Å²) >= 11 is 1.63. The first kappa shape index (κ1) is 21.2. The van der Waals surface area contributed by atoms with E-state index in [0.29, 0.717) is 24.6 Å². The number of para-hydroxylation sites is 2. The molecule has 0 bridgehead atoms. The van der Waals surface area contributed by atoms with Gasteiger partial charge < -0.3 is 0 Å². The Bertz CT molecular complexity index is 1240. The maximum atomic E-state index is 13.7. The number of piperidine rings is 1. The molecule has 0 atom stereocenters. The Morgan fingerprint density at radius 2 is 1.47 bits per heavy atom. The van der Waals surface area contributed by atoms with E-state index in [1.807, 2.05) is 48.5 Å². The Hall–Kier alpha value is -2.61. The van der Waals surface area contributed by atoms with E-state index in [1.165, 1.54) is 6.07 Å². The van der Waals surface area contributed by atoms with Crippen molar-refractivity contribution >= 4 is 39.1 Å². The molecule has 7 heteroatoms. The van der Waals surface area contributed by atoms with Crippen molar-refractivity contribution < 1.29 is 13.2 Å². The third kappa shape index (κ3) is 3.74. The van der Waals surface area contributed by atoms with E-state index >= 15 is 0 Å². The van der Waals surface area contributed by atoms with E-state index in [-0.39, 0.29) is 10.8 Å². The number of carbonyl (C=O) groups excluding carboxylic acids is 1. The van der Waals surface area contributed by atoms with Crippen LogP contribution >= 0.6 is 11.8 Å². The monoisotopic (exact) mass is 464 g/mol. The van der Waals surface area contributed by atoms with Crippen LogP contribution in [0.15, 0.2) is 87.5 Å². The molecular weight excluding hydrogens is 440 g/mol. The van der Waals surface area contributed by atoms with Gasteiger partial charge in [0.1, 0.15) is 0 Å². The van der Waals surface area contributed by atoms with Crippen molar-refractivity contribution in [3.05, 3.63) is 78.4 Å². The highest BCUT2D eigenvalue weighted by atomic mass is 32.2. The summed E-state index contributed by atoms with van der Waals surface area (Å²) in [6, 6.07) is 22.0. The predicted molar refractivity (Wildman–Crippen MR) is 127 cm³/mol. The Labute approximate surface area is 193 Å². The minimum atomic E-state index is -3.63. The fraction of sp³-hybridized carbons (Fsp3) is 0.240. The number of anilines is 2. The van der Waals surface area contributed by atoms with Crippen molar-refractivity contribution in [3.8, 4) is 0 Å². The molecule has 0 spiro atoms. The number of fused-ring (bicyclic) bond motifs is 2. The first-order chi connectivity index (χ1) is 15.4. The Morgan fingerprint density at radius 3 is 2.09 bits per heavy atom. The van der Waals surface area contributed by atoms with E-state index in [0.717, 1.165) is 34.0 Å². The SMILES string of the molecule is CC1CCN(S(=O)(=O)c2cccc(C(=O)N3c4ccccc4Sc4ccccc43)c2)CC1. The van der Waals surface area contributed by atoms with Crippen molar-refractivity contribution in [1.82, 2.24) is 4.31 Å². The molecule has 0 radical (unpaired) electrons. The van der Waals surface area contributed by atoms with E-state index in [4.69, 9.17) is 0 Å². The van der Waals surface area contributed by atoms with Gasteiger partial charge >= 0.3 is 0 Å². The van der Waals surface area contributed by atoms with Gasteiger partial charge in [-0.1, -0.05) is 49.0 Å². The van der Waals surface area contributed by atoms with E-state index in [2.05, 4.69) is 6.92 Å². The number of carbonyl (C=O) groups is 1. The van der Waals surface area contributed by atoms with Crippen LogP contribution < -0.4 is 4.90 Å². The number of hydrogen-bond acceptors (Lipinski definition) is 4. The van der Waals surface area contributed by atoms with Gasteiger partial charge in [-0.2, -0.15) is 4.31 Å². The average molecular weight is 465 g/mol. The molecule has 3 aromatic carbocycles. The molecule has 0 N–H and O–H groups in total. The van der Waals surface area contributed by atoms with E-state index in [9.17, 15) is 13.2 Å².